The molecule has 0 unspecified atom stereocenters. The Morgan fingerprint density at radius 2 is 2.24 bits per heavy atom. The van der Waals surface area contributed by atoms with Gasteiger partial charge in [0.25, 0.3) is 0 Å². The molecule has 0 saturated carbocycles. The molecule has 21 heavy (non-hydrogen) atoms. The molecule has 1 aromatic carbocycles. The monoisotopic (exact) mass is 288 g/mol. The fraction of sp³-hybridized carbons (Fsp3) is 0.471. The Labute approximate surface area is 124 Å². The minimum Gasteiger partial charge on any atom is -0.392 e. The zero-order valence-electron chi connectivity index (χ0n) is 12.3. The first-order valence-corrected chi connectivity index (χ1v) is 7.61. The van der Waals surface area contributed by atoms with Crippen molar-refractivity contribution in [1.82, 2.24) is 9.88 Å². The number of likely N-dealkylation sites (tertiary alicyclic amines) is 1. The van der Waals surface area contributed by atoms with E-state index in [1.807, 2.05) is 13.0 Å². The van der Waals surface area contributed by atoms with Gasteiger partial charge in [0.1, 0.15) is 5.82 Å². The molecule has 1 aromatic heterocycles. The molecule has 2 atom stereocenters. The van der Waals surface area contributed by atoms with Crippen LogP contribution in [0, 0.1) is 5.82 Å². The van der Waals surface area contributed by atoms with Gasteiger partial charge in [0.15, 0.2) is 0 Å². The highest BCUT2D eigenvalue weighted by Crippen LogP contribution is 2.25. The van der Waals surface area contributed by atoms with Gasteiger partial charge in [0.05, 0.1) is 11.6 Å². The Morgan fingerprint density at radius 3 is 3.05 bits per heavy atom. The molecule has 1 N–H and O–H groups in total. The summed E-state index contributed by atoms with van der Waals surface area (Å²) in [5, 5.41) is 10.5. The van der Waals surface area contributed by atoms with Gasteiger partial charge in [-0.15, -0.1) is 0 Å². The molecule has 112 valence electrons. The average molecular weight is 288 g/mol. The van der Waals surface area contributed by atoms with Crippen LogP contribution >= 0.6 is 0 Å². The van der Waals surface area contributed by atoms with Gasteiger partial charge in [-0.05, 0) is 50.1 Å². The average Bonchev–Trinajstić information content (AvgIpc) is 2.51. The van der Waals surface area contributed by atoms with Crippen molar-refractivity contribution >= 4 is 10.9 Å². The minimum absolute atomic E-state index is 0.183. The van der Waals surface area contributed by atoms with Crippen LogP contribution in [-0.4, -0.2) is 33.7 Å². The molecule has 1 fully saturated rings. The van der Waals surface area contributed by atoms with Crippen LogP contribution in [-0.2, 0) is 6.54 Å². The summed E-state index contributed by atoms with van der Waals surface area (Å²) in [5.41, 5.74) is 1.76. The summed E-state index contributed by atoms with van der Waals surface area (Å²) in [6, 6.07) is 7.04. The maximum absolute atomic E-state index is 13.9. The minimum atomic E-state index is -0.343. The molecule has 0 aliphatic carbocycles. The second-order valence-corrected chi connectivity index (χ2v) is 5.88. The molecular formula is C17H21FN2O. The number of rotatable bonds is 3. The Balaban J connectivity index is 1.92. The third-order valence-corrected chi connectivity index (χ3v) is 4.39. The number of aromatic nitrogens is 1. The van der Waals surface area contributed by atoms with E-state index in [0.717, 1.165) is 36.9 Å². The SMILES string of the molecule is C[C@H](O)[C@H]1CCCCN1Cc1ccc(F)c2cccnc12. The molecule has 0 radical (unpaired) electrons. The highest BCUT2D eigenvalue weighted by atomic mass is 19.1. The second kappa shape index (κ2) is 6.08. The molecule has 1 aliphatic rings. The summed E-state index contributed by atoms with van der Waals surface area (Å²) in [5.74, 6) is -0.229. The number of nitrogens with zero attached hydrogens (tertiary/aromatic N) is 2. The zero-order chi connectivity index (χ0) is 14.8. The number of pyridine rings is 1. The molecular weight excluding hydrogens is 267 g/mol. The van der Waals surface area contributed by atoms with E-state index >= 15 is 0 Å². The number of halogens is 1. The standard InChI is InChI=1S/C17H21FN2O/c1-12(21)16-6-2-3-10-20(16)11-13-7-8-15(18)14-5-4-9-19-17(13)14/h4-5,7-9,12,16,21H,2-3,6,10-11H2,1H3/t12-,16+/m0/s1. The zero-order valence-corrected chi connectivity index (χ0v) is 12.3. The van der Waals surface area contributed by atoms with Crippen molar-refractivity contribution in [2.75, 3.05) is 6.54 Å². The lowest BCUT2D eigenvalue weighted by Gasteiger charge is -2.37. The second-order valence-electron chi connectivity index (χ2n) is 5.88. The van der Waals surface area contributed by atoms with E-state index < -0.39 is 0 Å². The van der Waals surface area contributed by atoms with E-state index in [9.17, 15) is 9.50 Å². The fourth-order valence-electron chi connectivity index (χ4n) is 3.30. The van der Waals surface area contributed by atoms with Gasteiger partial charge in [0.2, 0.25) is 0 Å². The van der Waals surface area contributed by atoms with Gasteiger partial charge in [-0.3, -0.25) is 9.88 Å². The maximum Gasteiger partial charge on any atom is 0.132 e. The molecule has 1 saturated heterocycles. The van der Waals surface area contributed by atoms with E-state index in [0.29, 0.717) is 11.9 Å². The van der Waals surface area contributed by atoms with Crippen molar-refractivity contribution in [2.45, 2.75) is 44.9 Å². The van der Waals surface area contributed by atoms with E-state index in [1.54, 1.807) is 18.3 Å². The van der Waals surface area contributed by atoms with Crippen LogP contribution < -0.4 is 0 Å². The lowest BCUT2D eigenvalue weighted by atomic mass is 9.97. The van der Waals surface area contributed by atoms with Crippen LogP contribution in [0.25, 0.3) is 10.9 Å². The normalized spacial score (nSPS) is 21.6. The fourth-order valence-corrected chi connectivity index (χ4v) is 3.30. The largest absolute Gasteiger partial charge is 0.392 e. The Bertz CT molecular complexity index is 629. The Kier molecular flexibility index (Phi) is 4.17. The number of benzene rings is 1. The van der Waals surface area contributed by atoms with Crippen molar-refractivity contribution in [3.05, 3.63) is 41.8 Å². The third kappa shape index (κ3) is 2.92. The van der Waals surface area contributed by atoms with Gasteiger partial charge < -0.3 is 5.11 Å². The number of hydrogen-bond donors (Lipinski definition) is 1. The lowest BCUT2D eigenvalue weighted by Crippen LogP contribution is -2.45. The maximum atomic E-state index is 13.9. The summed E-state index contributed by atoms with van der Waals surface area (Å²) < 4.78 is 13.9. The molecule has 2 heterocycles. The molecule has 1 aliphatic heterocycles. The molecule has 3 nitrogen and oxygen atoms in total. The van der Waals surface area contributed by atoms with E-state index in [1.165, 1.54) is 6.07 Å². The van der Waals surface area contributed by atoms with Crippen molar-refractivity contribution in [3.63, 3.8) is 0 Å². The first kappa shape index (κ1) is 14.4. The number of piperidine rings is 1. The number of aliphatic hydroxyl groups is 1. The summed E-state index contributed by atoms with van der Waals surface area (Å²) in [6.45, 7) is 3.54. The van der Waals surface area contributed by atoms with Crippen LogP contribution in [0.3, 0.4) is 0 Å². The predicted octanol–water partition coefficient (Wildman–Crippen LogP) is 3.11. The Hall–Kier alpha value is -1.52. The van der Waals surface area contributed by atoms with Gasteiger partial charge in [-0.2, -0.15) is 0 Å². The highest BCUT2D eigenvalue weighted by Gasteiger charge is 2.26. The van der Waals surface area contributed by atoms with Crippen molar-refractivity contribution in [3.8, 4) is 0 Å². The number of aliphatic hydroxyl groups excluding tert-OH is 1. The van der Waals surface area contributed by atoms with E-state index in [-0.39, 0.29) is 18.0 Å². The lowest BCUT2D eigenvalue weighted by molar-refractivity contribution is 0.0319. The van der Waals surface area contributed by atoms with Gasteiger partial charge in [-0.25, -0.2) is 4.39 Å². The molecule has 2 aromatic rings. The first-order chi connectivity index (χ1) is 10.2. The number of hydrogen-bond acceptors (Lipinski definition) is 3. The van der Waals surface area contributed by atoms with Crippen LogP contribution in [0.5, 0.6) is 0 Å². The Morgan fingerprint density at radius 1 is 1.38 bits per heavy atom. The van der Waals surface area contributed by atoms with Crippen LogP contribution in [0.1, 0.15) is 31.7 Å². The van der Waals surface area contributed by atoms with Gasteiger partial charge in [0, 0.05) is 24.2 Å². The number of fused-ring (bicyclic) bond motifs is 1. The van der Waals surface area contributed by atoms with Crippen molar-refractivity contribution in [1.29, 1.82) is 0 Å². The summed E-state index contributed by atoms with van der Waals surface area (Å²) in [4.78, 5) is 6.65. The van der Waals surface area contributed by atoms with Crippen LogP contribution in [0.4, 0.5) is 4.39 Å². The summed E-state index contributed by atoms with van der Waals surface area (Å²) in [7, 11) is 0. The molecule has 0 amide bonds. The van der Waals surface area contributed by atoms with Crippen LogP contribution in [0.15, 0.2) is 30.5 Å². The van der Waals surface area contributed by atoms with Gasteiger partial charge in [-0.1, -0.05) is 12.5 Å². The van der Waals surface area contributed by atoms with E-state index in [4.69, 9.17) is 0 Å². The molecule has 3 rings (SSSR count). The summed E-state index contributed by atoms with van der Waals surface area (Å²) in [6.07, 6.45) is 4.69. The topological polar surface area (TPSA) is 36.4 Å². The van der Waals surface area contributed by atoms with E-state index in [2.05, 4.69) is 9.88 Å². The van der Waals surface area contributed by atoms with Crippen molar-refractivity contribution < 1.29 is 9.50 Å². The predicted molar refractivity (Wildman–Crippen MR) is 81.4 cm³/mol. The first-order valence-electron chi connectivity index (χ1n) is 7.61. The third-order valence-electron chi connectivity index (χ3n) is 4.39. The summed E-state index contributed by atoms with van der Waals surface area (Å²) >= 11 is 0. The quantitative estimate of drug-likeness (QED) is 0.942. The van der Waals surface area contributed by atoms with Crippen molar-refractivity contribution in [2.24, 2.45) is 0 Å². The highest BCUT2D eigenvalue weighted by molar-refractivity contribution is 5.82. The molecule has 0 spiro atoms. The smallest absolute Gasteiger partial charge is 0.132 e. The molecule has 4 heteroatoms. The van der Waals surface area contributed by atoms with Gasteiger partial charge >= 0.3 is 0 Å². The van der Waals surface area contributed by atoms with Crippen LogP contribution in [0.2, 0.25) is 0 Å². The molecule has 0 bridgehead atoms.